The first-order chi connectivity index (χ1) is 14.8. The SMILES string of the molecule is O=[N+]([O-])c1cccc(S(=O)(=O)C2CCN(c3nc(-c4ccc(F)c(F)c4)cs3)CC2)c1. The van der Waals surface area contributed by atoms with Crippen molar-refractivity contribution in [2.75, 3.05) is 18.0 Å². The number of rotatable bonds is 5. The molecule has 1 aliphatic heterocycles. The molecule has 7 nitrogen and oxygen atoms in total. The van der Waals surface area contributed by atoms with Gasteiger partial charge in [0.05, 0.1) is 20.8 Å². The maximum absolute atomic E-state index is 13.5. The number of nitrogens with zero attached hydrogens (tertiary/aromatic N) is 3. The molecule has 0 saturated carbocycles. The second-order valence-electron chi connectivity index (χ2n) is 7.13. The second-order valence-corrected chi connectivity index (χ2v) is 10.2. The number of hydrogen-bond acceptors (Lipinski definition) is 7. The summed E-state index contributed by atoms with van der Waals surface area (Å²) in [5, 5.41) is 12.7. The monoisotopic (exact) mass is 465 g/mol. The summed E-state index contributed by atoms with van der Waals surface area (Å²) in [6.07, 6.45) is 0.705. The zero-order valence-corrected chi connectivity index (χ0v) is 17.7. The quantitative estimate of drug-likeness (QED) is 0.409. The summed E-state index contributed by atoms with van der Waals surface area (Å²) in [5.41, 5.74) is 0.723. The van der Waals surface area contributed by atoms with Gasteiger partial charge in [-0.2, -0.15) is 0 Å². The molecule has 1 fully saturated rings. The smallest absolute Gasteiger partial charge is 0.270 e. The molecule has 162 valence electrons. The van der Waals surface area contributed by atoms with Crippen molar-refractivity contribution >= 4 is 32.0 Å². The van der Waals surface area contributed by atoms with Gasteiger partial charge in [-0.15, -0.1) is 11.3 Å². The van der Waals surface area contributed by atoms with Gasteiger partial charge in [0.25, 0.3) is 5.69 Å². The number of piperidine rings is 1. The Balaban J connectivity index is 1.46. The van der Waals surface area contributed by atoms with Crippen molar-refractivity contribution in [2.24, 2.45) is 0 Å². The Hall–Kier alpha value is -2.92. The van der Waals surface area contributed by atoms with Crippen LogP contribution in [0.5, 0.6) is 0 Å². The van der Waals surface area contributed by atoms with Gasteiger partial charge in [-0.05, 0) is 37.1 Å². The van der Waals surface area contributed by atoms with E-state index in [1.54, 1.807) is 5.38 Å². The largest absolute Gasteiger partial charge is 0.348 e. The summed E-state index contributed by atoms with van der Waals surface area (Å²) >= 11 is 1.35. The summed E-state index contributed by atoms with van der Waals surface area (Å²) in [6, 6.07) is 8.69. The standard InChI is InChI=1S/C20H17F2N3O4S2/c21-17-5-4-13(10-18(17)22)19-12-30-20(23-19)24-8-6-15(7-9-24)31(28,29)16-3-1-2-14(11-16)25(26)27/h1-5,10-12,15H,6-9H2. The first kappa shape index (κ1) is 21.3. The first-order valence-electron chi connectivity index (χ1n) is 9.40. The van der Waals surface area contributed by atoms with E-state index in [2.05, 4.69) is 4.98 Å². The van der Waals surface area contributed by atoms with Crippen molar-refractivity contribution in [2.45, 2.75) is 23.0 Å². The van der Waals surface area contributed by atoms with E-state index < -0.39 is 31.6 Å². The van der Waals surface area contributed by atoms with Gasteiger partial charge in [0.1, 0.15) is 0 Å². The van der Waals surface area contributed by atoms with E-state index in [9.17, 15) is 27.3 Å². The third-order valence-corrected chi connectivity index (χ3v) is 8.38. The van der Waals surface area contributed by atoms with Crippen LogP contribution in [0.4, 0.5) is 19.6 Å². The van der Waals surface area contributed by atoms with Crippen LogP contribution in [0.2, 0.25) is 0 Å². The van der Waals surface area contributed by atoms with Crippen molar-refractivity contribution in [3.63, 3.8) is 0 Å². The number of sulfone groups is 1. The molecular weight excluding hydrogens is 448 g/mol. The molecule has 2 aromatic carbocycles. The van der Waals surface area contributed by atoms with Gasteiger partial charge in [-0.3, -0.25) is 10.1 Å². The van der Waals surface area contributed by atoms with Gasteiger partial charge < -0.3 is 4.90 Å². The van der Waals surface area contributed by atoms with Crippen molar-refractivity contribution in [3.8, 4) is 11.3 Å². The van der Waals surface area contributed by atoms with Crippen molar-refractivity contribution < 1.29 is 22.1 Å². The van der Waals surface area contributed by atoms with E-state index >= 15 is 0 Å². The van der Waals surface area contributed by atoms with Crippen LogP contribution in [0.3, 0.4) is 0 Å². The number of thiazole rings is 1. The van der Waals surface area contributed by atoms with E-state index in [0.29, 0.717) is 42.3 Å². The molecule has 0 bridgehead atoms. The highest BCUT2D eigenvalue weighted by Crippen LogP contribution is 2.32. The van der Waals surface area contributed by atoms with E-state index in [1.165, 1.54) is 35.6 Å². The van der Waals surface area contributed by atoms with E-state index in [4.69, 9.17) is 0 Å². The lowest BCUT2D eigenvalue weighted by Crippen LogP contribution is -2.39. The summed E-state index contributed by atoms with van der Waals surface area (Å²) < 4.78 is 52.5. The number of nitro benzene ring substituents is 1. The Bertz CT molecular complexity index is 1240. The summed E-state index contributed by atoms with van der Waals surface area (Å²) in [4.78, 5) is 16.7. The molecule has 0 unspecified atom stereocenters. The number of benzene rings is 2. The van der Waals surface area contributed by atoms with Gasteiger partial charge in [0, 0.05) is 36.2 Å². The minimum atomic E-state index is -3.70. The lowest BCUT2D eigenvalue weighted by atomic mass is 10.1. The van der Waals surface area contributed by atoms with Crippen LogP contribution in [-0.2, 0) is 9.84 Å². The second kappa shape index (κ2) is 8.31. The molecule has 0 aliphatic carbocycles. The molecule has 1 aromatic heterocycles. The Morgan fingerprint density at radius 3 is 2.52 bits per heavy atom. The van der Waals surface area contributed by atoms with Gasteiger partial charge in [0.15, 0.2) is 26.6 Å². The molecule has 2 heterocycles. The molecule has 0 amide bonds. The van der Waals surface area contributed by atoms with Crippen molar-refractivity contribution in [1.82, 2.24) is 4.98 Å². The highest BCUT2D eigenvalue weighted by atomic mass is 32.2. The maximum Gasteiger partial charge on any atom is 0.270 e. The molecule has 1 saturated heterocycles. The molecule has 3 aromatic rings. The van der Waals surface area contributed by atoms with Crippen LogP contribution in [0.15, 0.2) is 52.7 Å². The van der Waals surface area contributed by atoms with Crippen LogP contribution < -0.4 is 4.90 Å². The van der Waals surface area contributed by atoms with Crippen LogP contribution in [-0.4, -0.2) is 36.7 Å². The van der Waals surface area contributed by atoms with Gasteiger partial charge in [0.2, 0.25) is 0 Å². The first-order valence-corrected chi connectivity index (χ1v) is 11.8. The summed E-state index contributed by atoms with van der Waals surface area (Å²) in [7, 11) is -3.70. The van der Waals surface area contributed by atoms with Crippen LogP contribution in [0, 0.1) is 21.7 Å². The lowest BCUT2D eigenvalue weighted by Gasteiger charge is -2.31. The third-order valence-electron chi connectivity index (χ3n) is 5.22. The van der Waals surface area contributed by atoms with Crippen molar-refractivity contribution in [3.05, 3.63) is 69.6 Å². The van der Waals surface area contributed by atoms with E-state index in [1.807, 2.05) is 4.90 Å². The number of nitro groups is 1. The number of non-ortho nitro benzene ring substituents is 1. The molecule has 31 heavy (non-hydrogen) atoms. The highest BCUT2D eigenvalue weighted by molar-refractivity contribution is 7.92. The molecule has 0 radical (unpaired) electrons. The molecule has 0 N–H and O–H groups in total. The number of anilines is 1. The molecule has 0 spiro atoms. The summed E-state index contributed by atoms with van der Waals surface area (Å²) in [5.74, 6) is -1.87. The predicted octanol–water partition coefficient (Wildman–Crippen LogP) is 4.44. The highest BCUT2D eigenvalue weighted by Gasteiger charge is 2.33. The lowest BCUT2D eigenvalue weighted by molar-refractivity contribution is -0.385. The average molecular weight is 466 g/mol. The Labute approximate surface area is 181 Å². The Kier molecular flexibility index (Phi) is 5.71. The number of hydrogen-bond donors (Lipinski definition) is 0. The average Bonchev–Trinajstić information content (AvgIpc) is 3.26. The fourth-order valence-corrected chi connectivity index (χ4v) is 6.18. The van der Waals surface area contributed by atoms with Gasteiger partial charge >= 0.3 is 0 Å². The van der Waals surface area contributed by atoms with Crippen molar-refractivity contribution in [1.29, 1.82) is 0 Å². The molecule has 4 rings (SSSR count). The van der Waals surface area contributed by atoms with Crippen LogP contribution in [0.25, 0.3) is 11.3 Å². The molecular formula is C20H17F2N3O4S2. The molecule has 0 atom stereocenters. The molecule has 1 aliphatic rings. The van der Waals surface area contributed by atoms with E-state index in [-0.39, 0.29) is 10.6 Å². The minimum Gasteiger partial charge on any atom is -0.348 e. The molecule has 11 heteroatoms. The topological polar surface area (TPSA) is 93.4 Å². The normalized spacial score (nSPS) is 15.2. The summed E-state index contributed by atoms with van der Waals surface area (Å²) in [6.45, 7) is 0.896. The predicted molar refractivity (Wildman–Crippen MR) is 113 cm³/mol. The fourth-order valence-electron chi connectivity index (χ4n) is 3.52. The fraction of sp³-hybridized carbons (Fsp3) is 0.250. The maximum atomic E-state index is 13.5. The minimum absolute atomic E-state index is 0.0463. The van der Waals surface area contributed by atoms with Gasteiger partial charge in [-0.25, -0.2) is 22.2 Å². The zero-order valence-electron chi connectivity index (χ0n) is 16.1. The van der Waals surface area contributed by atoms with Crippen LogP contribution in [0.1, 0.15) is 12.8 Å². The zero-order chi connectivity index (χ0) is 22.2. The Morgan fingerprint density at radius 1 is 1.10 bits per heavy atom. The third kappa shape index (κ3) is 4.28. The number of aromatic nitrogens is 1. The van der Waals surface area contributed by atoms with E-state index in [0.717, 1.165) is 18.2 Å². The Morgan fingerprint density at radius 2 is 1.84 bits per heavy atom. The van der Waals surface area contributed by atoms with Crippen LogP contribution >= 0.6 is 11.3 Å². The van der Waals surface area contributed by atoms with Gasteiger partial charge in [-0.1, -0.05) is 6.07 Å². The number of halogens is 2.